The molecule has 29 heavy (non-hydrogen) atoms. The predicted octanol–water partition coefficient (Wildman–Crippen LogP) is 2.49. The lowest BCUT2D eigenvalue weighted by Crippen LogP contribution is -2.55. The highest BCUT2D eigenvalue weighted by Crippen LogP contribution is 2.19. The number of guanidine groups is 1. The molecule has 2 saturated heterocycles. The van der Waals surface area contributed by atoms with E-state index < -0.39 is 0 Å². The van der Waals surface area contributed by atoms with Crippen LogP contribution in [0.15, 0.2) is 39.7 Å². The molecule has 1 atom stereocenters. The molecule has 1 amide bonds. The van der Waals surface area contributed by atoms with Crippen LogP contribution in [-0.2, 0) is 16.0 Å². The van der Waals surface area contributed by atoms with Gasteiger partial charge < -0.3 is 24.3 Å². The van der Waals surface area contributed by atoms with Gasteiger partial charge in [0, 0.05) is 58.2 Å². The quantitative estimate of drug-likeness (QED) is 0.388. The topological polar surface area (TPSA) is 70.3 Å². The Morgan fingerprint density at radius 2 is 1.97 bits per heavy atom. The summed E-state index contributed by atoms with van der Waals surface area (Å²) in [5.41, 5.74) is 0.925. The van der Waals surface area contributed by atoms with E-state index in [9.17, 15) is 4.79 Å². The molecule has 4 rings (SSSR count). The van der Waals surface area contributed by atoms with Gasteiger partial charge in [0.25, 0.3) is 5.91 Å². The molecule has 1 aromatic carbocycles. The Bertz CT molecular complexity index is 806. The van der Waals surface area contributed by atoms with Crippen LogP contribution in [0.1, 0.15) is 18.6 Å². The molecular formula is C21H29IN4O3. The van der Waals surface area contributed by atoms with Crippen molar-refractivity contribution in [3.05, 3.63) is 36.1 Å². The molecule has 2 aliphatic rings. The van der Waals surface area contributed by atoms with Crippen LogP contribution in [0.4, 0.5) is 0 Å². The summed E-state index contributed by atoms with van der Waals surface area (Å²) in [6.45, 7) is 4.44. The minimum absolute atomic E-state index is 0. The third-order valence-corrected chi connectivity index (χ3v) is 5.44. The number of piperazine rings is 1. The molecular weight excluding hydrogens is 483 g/mol. The Morgan fingerprint density at radius 3 is 2.66 bits per heavy atom. The number of nitrogens with one attached hydrogen (secondary N) is 1. The molecule has 0 saturated carbocycles. The van der Waals surface area contributed by atoms with E-state index in [1.165, 1.54) is 0 Å². The second-order valence-electron chi connectivity index (χ2n) is 7.29. The van der Waals surface area contributed by atoms with Gasteiger partial charge in [-0.2, -0.15) is 0 Å². The van der Waals surface area contributed by atoms with Gasteiger partial charge in [-0.25, -0.2) is 0 Å². The lowest BCUT2D eigenvalue weighted by molar-refractivity contribution is -0.142. The number of carbonyl (C=O) groups excluding carboxylic acids is 1. The fourth-order valence-corrected chi connectivity index (χ4v) is 3.90. The molecule has 0 spiro atoms. The van der Waals surface area contributed by atoms with E-state index in [0.29, 0.717) is 19.7 Å². The second kappa shape index (κ2) is 10.3. The number of fused-ring (bicyclic) bond motifs is 1. The first-order valence-electron chi connectivity index (χ1n) is 10.1. The molecule has 8 heteroatoms. The predicted molar refractivity (Wildman–Crippen MR) is 124 cm³/mol. The SMILES string of the molecule is CN=C(NCCc1cc2ccccc2o1)N1CCN(C(=O)C2CCCO2)CC1.I. The average Bonchev–Trinajstić information content (AvgIpc) is 3.40. The summed E-state index contributed by atoms with van der Waals surface area (Å²) >= 11 is 0. The summed E-state index contributed by atoms with van der Waals surface area (Å²) in [7, 11) is 1.80. The molecule has 1 unspecified atom stereocenters. The first-order valence-corrected chi connectivity index (χ1v) is 10.1. The van der Waals surface area contributed by atoms with Crippen LogP contribution in [0.25, 0.3) is 11.0 Å². The maximum absolute atomic E-state index is 12.5. The monoisotopic (exact) mass is 512 g/mol. The van der Waals surface area contributed by atoms with Crippen LogP contribution in [0.2, 0.25) is 0 Å². The van der Waals surface area contributed by atoms with Crippen molar-refractivity contribution in [1.82, 2.24) is 15.1 Å². The van der Waals surface area contributed by atoms with E-state index in [1.54, 1.807) is 7.05 Å². The van der Waals surface area contributed by atoms with Gasteiger partial charge in [-0.05, 0) is 25.0 Å². The first kappa shape index (κ1) is 21.9. The van der Waals surface area contributed by atoms with E-state index >= 15 is 0 Å². The number of ether oxygens (including phenoxy) is 1. The van der Waals surface area contributed by atoms with E-state index in [4.69, 9.17) is 9.15 Å². The zero-order valence-corrected chi connectivity index (χ0v) is 19.1. The molecule has 2 aromatic rings. The number of para-hydroxylation sites is 1. The number of rotatable bonds is 4. The minimum atomic E-state index is -0.229. The number of hydrogen-bond acceptors (Lipinski definition) is 4. The first-order chi connectivity index (χ1) is 13.7. The number of halogens is 1. The van der Waals surface area contributed by atoms with Crippen LogP contribution in [0.5, 0.6) is 0 Å². The van der Waals surface area contributed by atoms with Crippen LogP contribution in [0, 0.1) is 0 Å². The van der Waals surface area contributed by atoms with Gasteiger partial charge in [-0.1, -0.05) is 18.2 Å². The Hall–Kier alpha value is -1.81. The molecule has 2 fully saturated rings. The molecule has 0 aliphatic carbocycles. The van der Waals surface area contributed by atoms with Gasteiger partial charge in [-0.3, -0.25) is 9.79 Å². The van der Waals surface area contributed by atoms with Crippen molar-refractivity contribution in [2.45, 2.75) is 25.4 Å². The number of aliphatic imine (C=N–C) groups is 1. The fourth-order valence-electron chi connectivity index (χ4n) is 3.90. The van der Waals surface area contributed by atoms with Crippen molar-refractivity contribution in [2.24, 2.45) is 4.99 Å². The lowest BCUT2D eigenvalue weighted by Gasteiger charge is -2.37. The molecule has 7 nitrogen and oxygen atoms in total. The molecule has 1 aromatic heterocycles. The third-order valence-electron chi connectivity index (χ3n) is 5.44. The third kappa shape index (κ3) is 5.22. The zero-order chi connectivity index (χ0) is 19.3. The highest BCUT2D eigenvalue weighted by molar-refractivity contribution is 14.0. The molecule has 3 heterocycles. The summed E-state index contributed by atoms with van der Waals surface area (Å²) < 4.78 is 11.4. The Labute approximate surface area is 188 Å². The molecule has 1 N–H and O–H groups in total. The molecule has 158 valence electrons. The van der Waals surface area contributed by atoms with Gasteiger partial charge in [-0.15, -0.1) is 24.0 Å². The minimum Gasteiger partial charge on any atom is -0.461 e. The van der Waals surface area contributed by atoms with Crippen molar-refractivity contribution in [1.29, 1.82) is 0 Å². The lowest BCUT2D eigenvalue weighted by atomic mass is 10.2. The van der Waals surface area contributed by atoms with Gasteiger partial charge >= 0.3 is 0 Å². The number of carbonyl (C=O) groups is 1. The van der Waals surface area contributed by atoms with E-state index in [0.717, 1.165) is 61.6 Å². The largest absolute Gasteiger partial charge is 0.461 e. The number of amides is 1. The highest BCUT2D eigenvalue weighted by Gasteiger charge is 2.30. The Morgan fingerprint density at radius 1 is 1.21 bits per heavy atom. The van der Waals surface area contributed by atoms with Gasteiger partial charge in [0.1, 0.15) is 17.4 Å². The summed E-state index contributed by atoms with van der Waals surface area (Å²) in [5, 5.41) is 4.55. The smallest absolute Gasteiger partial charge is 0.251 e. The normalized spacial score (nSPS) is 20.0. The van der Waals surface area contributed by atoms with Crippen LogP contribution in [-0.4, -0.2) is 74.1 Å². The van der Waals surface area contributed by atoms with Gasteiger partial charge in [0.15, 0.2) is 5.96 Å². The van der Waals surface area contributed by atoms with E-state index in [-0.39, 0.29) is 36.0 Å². The summed E-state index contributed by atoms with van der Waals surface area (Å²) in [6.07, 6.45) is 2.40. The maximum Gasteiger partial charge on any atom is 0.251 e. The van der Waals surface area contributed by atoms with E-state index in [1.807, 2.05) is 23.1 Å². The highest BCUT2D eigenvalue weighted by atomic mass is 127. The van der Waals surface area contributed by atoms with Crippen molar-refractivity contribution < 1.29 is 13.9 Å². The Balaban J connectivity index is 0.00000240. The van der Waals surface area contributed by atoms with Crippen LogP contribution >= 0.6 is 24.0 Å². The molecule has 0 bridgehead atoms. The average molecular weight is 512 g/mol. The van der Waals surface area contributed by atoms with Crippen LogP contribution < -0.4 is 5.32 Å². The summed E-state index contributed by atoms with van der Waals surface area (Å²) in [4.78, 5) is 21.0. The Kier molecular flexibility index (Phi) is 7.77. The molecule has 0 radical (unpaired) electrons. The van der Waals surface area contributed by atoms with Crippen molar-refractivity contribution in [2.75, 3.05) is 46.4 Å². The van der Waals surface area contributed by atoms with E-state index in [2.05, 4.69) is 27.3 Å². The van der Waals surface area contributed by atoms with Gasteiger partial charge in [0.05, 0.1) is 0 Å². The van der Waals surface area contributed by atoms with Gasteiger partial charge in [0.2, 0.25) is 0 Å². The van der Waals surface area contributed by atoms with Crippen molar-refractivity contribution in [3.63, 3.8) is 0 Å². The number of nitrogens with zero attached hydrogens (tertiary/aromatic N) is 3. The summed E-state index contributed by atoms with van der Waals surface area (Å²) in [5.74, 6) is 1.99. The van der Waals surface area contributed by atoms with Crippen LogP contribution in [0.3, 0.4) is 0 Å². The number of hydrogen-bond donors (Lipinski definition) is 1. The number of furan rings is 1. The number of benzene rings is 1. The summed E-state index contributed by atoms with van der Waals surface area (Å²) in [6, 6.07) is 10.1. The van der Waals surface area contributed by atoms with Crippen molar-refractivity contribution in [3.8, 4) is 0 Å². The standard InChI is InChI=1S/C21H28N4O3.HI/c1-22-21(23-9-8-17-15-16-5-2-3-6-18(16)28-17)25-12-10-24(11-13-25)20(26)19-7-4-14-27-19;/h2-3,5-6,15,19H,4,7-14H2,1H3,(H,22,23);1H. The second-order valence-corrected chi connectivity index (χ2v) is 7.29. The molecule has 2 aliphatic heterocycles. The fraction of sp³-hybridized carbons (Fsp3) is 0.524. The zero-order valence-electron chi connectivity index (χ0n) is 16.8. The maximum atomic E-state index is 12.5. The van der Waals surface area contributed by atoms with Crippen molar-refractivity contribution >= 4 is 46.8 Å².